The number of anilines is 1. The predicted molar refractivity (Wildman–Crippen MR) is 35.8 cm³/mol. The zero-order valence-corrected chi connectivity index (χ0v) is 5.11. The third-order valence-electron chi connectivity index (χ3n) is 1.21. The number of fused-ring (bicyclic) bond motifs is 1. The fraction of sp³-hybridized carbons (Fsp3) is 0. The molecular weight excluding hydrogens is 130 g/mol. The van der Waals surface area contributed by atoms with E-state index in [0.717, 1.165) is 11.4 Å². The lowest BCUT2D eigenvalue weighted by molar-refractivity contribution is 0.328. The van der Waals surface area contributed by atoms with Crippen LogP contribution in [0.2, 0.25) is 0 Å². The zero-order valence-electron chi connectivity index (χ0n) is 5.11. The van der Waals surface area contributed by atoms with Gasteiger partial charge in [-0.15, -0.1) is 0 Å². The predicted octanol–water partition coefficient (Wildman–Crippen LogP) is 0.804. The second-order valence-corrected chi connectivity index (χ2v) is 1.84. The lowest BCUT2D eigenvalue weighted by atomic mass is 10.3. The average molecular weight is 135 g/mol. The van der Waals surface area contributed by atoms with E-state index in [4.69, 9.17) is 4.84 Å². The van der Waals surface area contributed by atoms with E-state index in [1.165, 1.54) is 12.6 Å². The molecule has 1 aromatic heterocycles. The van der Waals surface area contributed by atoms with Crippen LogP contribution in [0.5, 0.6) is 0 Å². The largest absolute Gasteiger partial charge is 0.390 e. The van der Waals surface area contributed by atoms with E-state index in [9.17, 15) is 0 Å². The topological polar surface area (TPSA) is 47.0 Å². The fourth-order valence-corrected chi connectivity index (χ4v) is 0.747. The lowest BCUT2D eigenvalue weighted by Crippen LogP contribution is -2.03. The molecule has 1 aromatic rings. The molecule has 4 nitrogen and oxygen atoms in total. The molecule has 0 amide bonds. The van der Waals surface area contributed by atoms with Crippen molar-refractivity contribution in [1.82, 2.24) is 9.97 Å². The van der Waals surface area contributed by atoms with E-state index in [2.05, 4.69) is 15.4 Å². The van der Waals surface area contributed by atoms with Crippen LogP contribution in [0.15, 0.2) is 18.8 Å². The van der Waals surface area contributed by atoms with E-state index < -0.39 is 0 Å². The summed E-state index contributed by atoms with van der Waals surface area (Å²) in [5.41, 5.74) is 4.30. The summed E-state index contributed by atoms with van der Waals surface area (Å²) in [6, 6.07) is 0. The molecule has 0 aromatic carbocycles. The standard InChI is InChI=1S/C6H5N3O/c1-2-10-9-6-3-7-4-8-5(1)6/h1-4,9H. The summed E-state index contributed by atoms with van der Waals surface area (Å²) < 4.78 is 0. The van der Waals surface area contributed by atoms with Crippen molar-refractivity contribution in [1.29, 1.82) is 0 Å². The molecule has 0 aliphatic carbocycles. The Morgan fingerprint density at radius 3 is 3.40 bits per heavy atom. The van der Waals surface area contributed by atoms with Crippen molar-refractivity contribution in [3.63, 3.8) is 0 Å². The molecule has 0 saturated carbocycles. The van der Waals surface area contributed by atoms with Crippen LogP contribution in [-0.2, 0) is 4.84 Å². The van der Waals surface area contributed by atoms with Gasteiger partial charge < -0.3 is 4.84 Å². The van der Waals surface area contributed by atoms with Gasteiger partial charge in [-0.1, -0.05) is 0 Å². The van der Waals surface area contributed by atoms with E-state index in [1.807, 2.05) is 0 Å². The molecule has 10 heavy (non-hydrogen) atoms. The van der Waals surface area contributed by atoms with Crippen molar-refractivity contribution in [2.24, 2.45) is 0 Å². The molecule has 0 radical (unpaired) electrons. The summed E-state index contributed by atoms with van der Waals surface area (Å²) in [5.74, 6) is 0. The Balaban J connectivity index is 2.54. The van der Waals surface area contributed by atoms with Crippen LogP contribution in [0.25, 0.3) is 6.08 Å². The SMILES string of the molecule is C1=Cc2ncncc2NO1. The Bertz CT molecular complexity index is 271. The Morgan fingerprint density at radius 2 is 2.50 bits per heavy atom. The Labute approximate surface area is 57.5 Å². The molecule has 1 N–H and O–H groups in total. The quantitative estimate of drug-likeness (QED) is 0.571. The van der Waals surface area contributed by atoms with Gasteiger partial charge in [0.15, 0.2) is 0 Å². The number of hydrogen-bond donors (Lipinski definition) is 1. The van der Waals surface area contributed by atoms with Crippen molar-refractivity contribution >= 4 is 11.8 Å². The monoisotopic (exact) mass is 135 g/mol. The van der Waals surface area contributed by atoms with Crippen LogP contribution in [0.1, 0.15) is 5.69 Å². The summed E-state index contributed by atoms with van der Waals surface area (Å²) in [6.45, 7) is 0. The first kappa shape index (κ1) is 5.22. The van der Waals surface area contributed by atoms with Crippen molar-refractivity contribution < 1.29 is 4.84 Å². The third-order valence-corrected chi connectivity index (χ3v) is 1.21. The maximum atomic E-state index is 4.79. The van der Waals surface area contributed by atoms with E-state index in [0.29, 0.717) is 0 Å². The van der Waals surface area contributed by atoms with Crippen LogP contribution >= 0.6 is 0 Å². The van der Waals surface area contributed by atoms with Crippen LogP contribution < -0.4 is 5.48 Å². The van der Waals surface area contributed by atoms with E-state index in [-0.39, 0.29) is 0 Å². The normalized spacial score (nSPS) is 13.2. The number of hydrogen-bond acceptors (Lipinski definition) is 4. The third kappa shape index (κ3) is 0.699. The molecule has 0 spiro atoms. The minimum Gasteiger partial charge on any atom is -0.390 e. The van der Waals surface area contributed by atoms with Crippen LogP contribution in [-0.4, -0.2) is 9.97 Å². The summed E-state index contributed by atoms with van der Waals surface area (Å²) in [6.07, 6.45) is 6.46. The molecule has 0 bridgehead atoms. The number of rotatable bonds is 0. The highest BCUT2D eigenvalue weighted by molar-refractivity contribution is 5.62. The smallest absolute Gasteiger partial charge is 0.121 e. The summed E-state index contributed by atoms with van der Waals surface area (Å²) in [4.78, 5) is 12.6. The molecule has 0 fully saturated rings. The Kier molecular flexibility index (Phi) is 1.04. The van der Waals surface area contributed by atoms with Crippen molar-refractivity contribution in [3.8, 4) is 0 Å². The van der Waals surface area contributed by atoms with Gasteiger partial charge in [0.1, 0.15) is 18.3 Å². The lowest BCUT2D eigenvalue weighted by Gasteiger charge is -2.09. The second kappa shape index (κ2) is 1.98. The van der Waals surface area contributed by atoms with Crippen molar-refractivity contribution in [3.05, 3.63) is 24.5 Å². The van der Waals surface area contributed by atoms with Gasteiger partial charge in [0.2, 0.25) is 0 Å². The molecule has 0 saturated heterocycles. The van der Waals surface area contributed by atoms with Gasteiger partial charge in [-0.25, -0.2) is 15.4 Å². The molecule has 1 aliphatic rings. The first-order valence-electron chi connectivity index (χ1n) is 2.85. The van der Waals surface area contributed by atoms with Crippen LogP contribution in [0, 0.1) is 0 Å². The van der Waals surface area contributed by atoms with E-state index >= 15 is 0 Å². The van der Waals surface area contributed by atoms with Crippen LogP contribution in [0.4, 0.5) is 5.69 Å². The maximum absolute atomic E-state index is 4.79. The average Bonchev–Trinajstić information content (AvgIpc) is 2.05. The minimum atomic E-state index is 0.796. The van der Waals surface area contributed by atoms with Crippen molar-refractivity contribution in [2.45, 2.75) is 0 Å². The molecule has 2 rings (SSSR count). The molecule has 0 unspecified atom stereocenters. The van der Waals surface area contributed by atoms with Gasteiger partial charge in [0.05, 0.1) is 11.9 Å². The Morgan fingerprint density at radius 1 is 1.50 bits per heavy atom. The number of nitrogens with one attached hydrogen (secondary N) is 1. The summed E-state index contributed by atoms with van der Waals surface area (Å²) in [7, 11) is 0. The first-order valence-corrected chi connectivity index (χ1v) is 2.85. The molecule has 0 atom stereocenters. The highest BCUT2D eigenvalue weighted by atomic mass is 16.6. The summed E-state index contributed by atoms with van der Waals surface area (Å²) >= 11 is 0. The molecule has 2 heterocycles. The van der Waals surface area contributed by atoms with Gasteiger partial charge in [-0.05, 0) is 0 Å². The van der Waals surface area contributed by atoms with E-state index in [1.54, 1.807) is 12.3 Å². The Hall–Kier alpha value is -1.58. The zero-order chi connectivity index (χ0) is 6.81. The molecular formula is C6H5N3O. The van der Waals surface area contributed by atoms with Gasteiger partial charge in [0, 0.05) is 6.08 Å². The van der Waals surface area contributed by atoms with Gasteiger partial charge in [0.25, 0.3) is 0 Å². The number of nitrogens with zero attached hydrogens (tertiary/aromatic N) is 2. The second-order valence-electron chi connectivity index (χ2n) is 1.84. The highest BCUT2D eigenvalue weighted by Crippen LogP contribution is 2.15. The minimum absolute atomic E-state index is 0.796. The molecule has 50 valence electrons. The summed E-state index contributed by atoms with van der Waals surface area (Å²) in [5, 5.41) is 0. The number of aromatic nitrogens is 2. The first-order chi connectivity index (χ1) is 4.97. The van der Waals surface area contributed by atoms with Crippen molar-refractivity contribution in [2.75, 3.05) is 5.48 Å². The maximum Gasteiger partial charge on any atom is 0.121 e. The highest BCUT2D eigenvalue weighted by Gasteiger charge is 2.02. The van der Waals surface area contributed by atoms with Gasteiger partial charge in [-0.3, -0.25) is 0 Å². The molecule has 1 aliphatic heterocycles. The van der Waals surface area contributed by atoms with Gasteiger partial charge >= 0.3 is 0 Å². The van der Waals surface area contributed by atoms with Gasteiger partial charge in [-0.2, -0.15) is 0 Å². The van der Waals surface area contributed by atoms with Crippen LogP contribution in [0.3, 0.4) is 0 Å². The molecule has 4 heteroatoms. The fourth-order valence-electron chi connectivity index (χ4n) is 0.747.